The number of nitrogens with zero attached hydrogens (tertiary/aromatic N) is 1. The van der Waals surface area contributed by atoms with Crippen LogP contribution in [0.5, 0.6) is 0 Å². The van der Waals surface area contributed by atoms with Gasteiger partial charge < -0.3 is 39.0 Å². The molecule has 16 heteroatoms. The number of cyclic esters (lactones) is 2. The number of carboxylic acids is 2. The summed E-state index contributed by atoms with van der Waals surface area (Å²) < 4.78 is 28.1. The van der Waals surface area contributed by atoms with E-state index in [1.165, 1.54) is 0 Å². The molecule has 394 valence electrons. The zero-order valence-corrected chi connectivity index (χ0v) is 42.4. The molecule has 2 heterocycles. The maximum absolute atomic E-state index is 14.2. The third kappa shape index (κ3) is 9.36. The molecule has 8 bridgehead atoms. The van der Waals surface area contributed by atoms with Crippen molar-refractivity contribution in [3.63, 3.8) is 0 Å². The van der Waals surface area contributed by atoms with Gasteiger partial charge in [0.1, 0.15) is 18.8 Å². The molecule has 0 aromatic carbocycles. The lowest BCUT2D eigenvalue weighted by atomic mass is 9.58. The highest BCUT2D eigenvalue weighted by Crippen LogP contribution is 2.69. The molecule has 2 aliphatic heterocycles. The smallest absolute Gasteiger partial charge is 0.317 e. The average Bonchev–Trinajstić information content (AvgIpc) is 4.21. The maximum Gasteiger partial charge on any atom is 0.317 e. The Bertz CT molecular complexity index is 2080. The standard InChI is InChI=1S/C55H79NO15/c1-25-27-14-34(45(15-27)53(65)71-55(3,4)5)30(25)20-32-29-17-36(44(19-29)51(63)69-13-9-57)37(32)22-33-28-16-35(43(18-28)48(58)59)38(33)23-40-39(21-31-26(2)50(62)70-52(31)64)42-24-41(40)46(49(60)61)47(42)54(66)68-12-8-56-6-10-67-11-7-56/h25-47,57H,6-24H2,1-5H3,(H,58,59)(H,60,61). The molecule has 0 radical (unpaired) electrons. The quantitative estimate of drug-likeness (QED) is 0.0862. The molecule has 3 N–H and O–H groups in total. The summed E-state index contributed by atoms with van der Waals surface area (Å²) in [5, 5.41) is 31.3. The molecule has 10 rings (SSSR count). The Balaban J connectivity index is 0.939. The fourth-order valence-corrected chi connectivity index (χ4v) is 18.6. The second-order valence-corrected chi connectivity index (χ2v) is 25.4. The molecular formula is C55H79NO15. The highest BCUT2D eigenvalue weighted by atomic mass is 16.6. The van der Waals surface area contributed by atoms with Gasteiger partial charge in [0.25, 0.3) is 0 Å². The molecule has 23 atom stereocenters. The number of ether oxygens (including phenoxy) is 5. The number of esters is 5. The lowest BCUT2D eigenvalue weighted by molar-refractivity contribution is -0.164. The minimum absolute atomic E-state index is 0.0544. The predicted molar refractivity (Wildman–Crippen MR) is 251 cm³/mol. The van der Waals surface area contributed by atoms with Crippen LogP contribution in [0.1, 0.15) is 105 Å². The van der Waals surface area contributed by atoms with Gasteiger partial charge in [-0.2, -0.15) is 0 Å². The van der Waals surface area contributed by atoms with Crippen LogP contribution < -0.4 is 0 Å². The minimum atomic E-state index is -1.06. The van der Waals surface area contributed by atoms with Crippen molar-refractivity contribution in [1.29, 1.82) is 0 Å². The number of aliphatic carboxylic acids is 2. The first-order valence-electron chi connectivity index (χ1n) is 27.5. The van der Waals surface area contributed by atoms with Gasteiger partial charge in [-0.3, -0.25) is 38.5 Å². The van der Waals surface area contributed by atoms with Crippen molar-refractivity contribution < 1.29 is 72.6 Å². The number of hydrogen-bond acceptors (Lipinski definition) is 14. The van der Waals surface area contributed by atoms with E-state index in [2.05, 4.69) is 11.8 Å². The largest absolute Gasteiger partial charge is 0.481 e. The summed E-state index contributed by atoms with van der Waals surface area (Å²) in [4.78, 5) is 96.4. The van der Waals surface area contributed by atoms with Gasteiger partial charge >= 0.3 is 41.8 Å². The van der Waals surface area contributed by atoms with Gasteiger partial charge in [-0.1, -0.05) is 13.8 Å². The van der Waals surface area contributed by atoms with E-state index in [4.69, 9.17) is 23.7 Å². The number of aliphatic hydroxyl groups excluding tert-OH is 1. The number of aliphatic hydroxyl groups is 1. The van der Waals surface area contributed by atoms with Crippen LogP contribution in [0.15, 0.2) is 0 Å². The van der Waals surface area contributed by atoms with Gasteiger partial charge in [0, 0.05) is 19.6 Å². The van der Waals surface area contributed by atoms with Gasteiger partial charge in [0.2, 0.25) is 0 Å². The van der Waals surface area contributed by atoms with Crippen molar-refractivity contribution in [2.24, 2.45) is 136 Å². The van der Waals surface area contributed by atoms with E-state index < -0.39 is 76.9 Å². The Morgan fingerprint density at radius 3 is 1.73 bits per heavy atom. The van der Waals surface area contributed by atoms with Crippen LogP contribution in [-0.2, 0) is 57.2 Å². The van der Waals surface area contributed by atoms with Crippen molar-refractivity contribution in [2.75, 3.05) is 52.7 Å². The van der Waals surface area contributed by atoms with Crippen LogP contribution in [0.4, 0.5) is 0 Å². The molecule has 8 aliphatic carbocycles. The molecular weight excluding hydrogens is 915 g/mol. The van der Waals surface area contributed by atoms with E-state index in [0.717, 1.165) is 44.9 Å². The summed E-state index contributed by atoms with van der Waals surface area (Å²) in [5.41, 5.74) is -0.574. The first-order chi connectivity index (χ1) is 33.8. The van der Waals surface area contributed by atoms with Crippen LogP contribution in [0.25, 0.3) is 0 Å². The van der Waals surface area contributed by atoms with Crippen LogP contribution >= 0.6 is 0 Å². The summed E-state index contributed by atoms with van der Waals surface area (Å²) in [6.07, 6.45) is 7.89. The van der Waals surface area contributed by atoms with Crippen molar-refractivity contribution >= 4 is 41.8 Å². The molecule has 0 aromatic rings. The van der Waals surface area contributed by atoms with Crippen molar-refractivity contribution in [2.45, 2.75) is 111 Å². The first kappa shape index (κ1) is 50.9. The molecule has 0 amide bonds. The minimum Gasteiger partial charge on any atom is -0.481 e. The first-order valence-corrected chi connectivity index (χ1v) is 27.5. The Morgan fingerprint density at radius 2 is 1.13 bits per heavy atom. The van der Waals surface area contributed by atoms with Crippen LogP contribution in [-0.4, -0.2) is 120 Å². The van der Waals surface area contributed by atoms with Gasteiger partial charge in [-0.05, 0) is 186 Å². The monoisotopic (exact) mass is 994 g/mol. The fraction of sp³-hybridized carbons (Fsp3) is 0.873. The lowest BCUT2D eigenvalue weighted by Gasteiger charge is -2.45. The lowest BCUT2D eigenvalue weighted by Crippen LogP contribution is -2.46. The number of carbonyl (C=O) groups is 7. The van der Waals surface area contributed by atoms with E-state index in [1.54, 1.807) is 6.92 Å². The molecule has 0 spiro atoms. The predicted octanol–water partition coefficient (Wildman–Crippen LogP) is 5.60. The van der Waals surface area contributed by atoms with Gasteiger partial charge in [0.05, 0.1) is 61.2 Å². The second-order valence-electron chi connectivity index (χ2n) is 25.4. The van der Waals surface area contributed by atoms with E-state index in [-0.39, 0.29) is 103 Å². The van der Waals surface area contributed by atoms with E-state index >= 15 is 0 Å². The van der Waals surface area contributed by atoms with E-state index in [9.17, 15) is 48.9 Å². The number of hydrogen-bond donors (Lipinski definition) is 3. The third-order valence-electron chi connectivity index (χ3n) is 21.4. The summed E-state index contributed by atoms with van der Waals surface area (Å²) in [5.74, 6) is -7.28. The van der Waals surface area contributed by atoms with Crippen molar-refractivity contribution in [3.05, 3.63) is 0 Å². The van der Waals surface area contributed by atoms with E-state index in [1.807, 2.05) is 20.8 Å². The SMILES string of the molecule is CC1C(=O)OC(=O)C1CC1C(CC2C(CC3C(CC4C(C)C5CC(C(=O)OC(C)(C)C)C4C5)C4CC(C(=O)OCCO)C3C4)C3CC(C(=O)O)C2C3)C2CC1C(C(=O)OCCN1CCOCC1)C2C(=O)O. The molecule has 16 nitrogen and oxygen atoms in total. The van der Waals surface area contributed by atoms with Gasteiger partial charge in [-0.25, -0.2) is 0 Å². The molecule has 2 saturated heterocycles. The topological polar surface area (TPSA) is 230 Å². The summed E-state index contributed by atoms with van der Waals surface area (Å²) in [6.45, 7) is 12.7. The Morgan fingerprint density at radius 1 is 0.592 bits per heavy atom. The molecule has 71 heavy (non-hydrogen) atoms. The Hall–Kier alpha value is -3.63. The highest BCUT2D eigenvalue weighted by Gasteiger charge is 2.67. The summed E-state index contributed by atoms with van der Waals surface area (Å²) in [6, 6.07) is 0. The maximum atomic E-state index is 14.2. The number of carbonyl (C=O) groups excluding carboxylic acids is 5. The van der Waals surface area contributed by atoms with Gasteiger partial charge in [0.15, 0.2) is 0 Å². The summed E-state index contributed by atoms with van der Waals surface area (Å²) in [7, 11) is 0. The average molecular weight is 994 g/mol. The molecule has 23 unspecified atom stereocenters. The number of carboxylic acid groups (broad SMARTS) is 2. The zero-order valence-electron chi connectivity index (χ0n) is 42.4. The second kappa shape index (κ2) is 19.9. The fourth-order valence-electron chi connectivity index (χ4n) is 18.6. The Kier molecular flexibility index (Phi) is 14.3. The number of morpholine rings is 1. The van der Waals surface area contributed by atoms with E-state index in [0.29, 0.717) is 81.7 Å². The van der Waals surface area contributed by atoms with Crippen LogP contribution in [0.2, 0.25) is 0 Å². The van der Waals surface area contributed by atoms with Crippen LogP contribution in [0.3, 0.4) is 0 Å². The molecule has 0 aromatic heterocycles. The zero-order chi connectivity index (χ0) is 50.4. The normalized spacial score (nSPS) is 45.2. The number of fused-ring (bicyclic) bond motifs is 8. The molecule has 10 aliphatic rings. The molecule has 8 saturated carbocycles. The van der Waals surface area contributed by atoms with Crippen LogP contribution in [0, 0.1) is 136 Å². The van der Waals surface area contributed by atoms with Gasteiger partial charge in [-0.15, -0.1) is 0 Å². The molecule has 10 fully saturated rings. The summed E-state index contributed by atoms with van der Waals surface area (Å²) >= 11 is 0. The highest BCUT2D eigenvalue weighted by molar-refractivity contribution is 5.96. The van der Waals surface area contributed by atoms with Crippen molar-refractivity contribution in [3.8, 4) is 0 Å². The third-order valence-corrected chi connectivity index (χ3v) is 21.4. The number of rotatable bonds is 18. The Labute approximate surface area is 417 Å². The van der Waals surface area contributed by atoms with Crippen molar-refractivity contribution in [1.82, 2.24) is 4.90 Å².